The molecule has 1 aliphatic rings. The Morgan fingerprint density at radius 1 is 1.24 bits per heavy atom. The fraction of sp³-hybridized carbons (Fsp3) is 0.353. The van der Waals surface area contributed by atoms with Crippen LogP contribution in [0.1, 0.15) is 6.92 Å². The van der Waals surface area contributed by atoms with E-state index < -0.39 is 0 Å². The molecule has 3 rings (SSSR count). The molecule has 1 aromatic carbocycles. The monoisotopic (exact) mass is 361 g/mol. The molecule has 25 heavy (non-hydrogen) atoms. The van der Waals surface area contributed by atoms with Crippen LogP contribution in [-0.2, 0) is 4.74 Å². The number of nitrogens with zero attached hydrogens (tertiary/aromatic N) is 4. The Morgan fingerprint density at radius 3 is 2.72 bits per heavy atom. The van der Waals surface area contributed by atoms with E-state index in [9.17, 15) is 4.79 Å². The Hall–Kier alpha value is -2.54. The van der Waals surface area contributed by atoms with E-state index >= 15 is 0 Å². The summed E-state index contributed by atoms with van der Waals surface area (Å²) in [5.74, 6) is 1.49. The van der Waals surface area contributed by atoms with Crippen LogP contribution in [-0.4, -0.2) is 53.7 Å². The third-order valence-electron chi connectivity index (χ3n) is 3.92. The van der Waals surface area contributed by atoms with E-state index in [1.807, 2.05) is 37.3 Å². The molecule has 2 aromatic rings. The molecular weight excluding hydrogens is 342 g/mol. The van der Waals surface area contributed by atoms with E-state index in [0.29, 0.717) is 43.6 Å². The van der Waals surface area contributed by atoms with E-state index in [4.69, 9.17) is 16.3 Å². The minimum absolute atomic E-state index is 0.258. The maximum atomic E-state index is 11.8. The first kappa shape index (κ1) is 17.3. The number of halogens is 1. The summed E-state index contributed by atoms with van der Waals surface area (Å²) in [5.41, 5.74) is 0.793. The van der Waals surface area contributed by atoms with Crippen molar-refractivity contribution in [2.75, 3.05) is 43.0 Å². The lowest BCUT2D eigenvalue weighted by Crippen LogP contribution is -2.49. The summed E-state index contributed by atoms with van der Waals surface area (Å²) in [6.45, 7) is 4.81. The number of ether oxygens (including phenoxy) is 1. The third-order valence-corrected chi connectivity index (χ3v) is 4.25. The average molecular weight is 362 g/mol. The number of carbonyl (C=O) groups excluding carboxylic acids is 1. The quantitative estimate of drug-likeness (QED) is 0.902. The molecule has 0 aliphatic carbocycles. The van der Waals surface area contributed by atoms with E-state index in [1.165, 1.54) is 6.33 Å². The van der Waals surface area contributed by atoms with Crippen molar-refractivity contribution in [3.8, 4) is 0 Å². The highest BCUT2D eigenvalue weighted by molar-refractivity contribution is 6.33. The minimum Gasteiger partial charge on any atom is -0.450 e. The van der Waals surface area contributed by atoms with Crippen molar-refractivity contribution in [1.29, 1.82) is 0 Å². The van der Waals surface area contributed by atoms with Crippen LogP contribution < -0.4 is 10.2 Å². The van der Waals surface area contributed by atoms with Crippen LogP contribution in [0, 0.1) is 0 Å². The van der Waals surface area contributed by atoms with Gasteiger partial charge in [0, 0.05) is 32.2 Å². The number of benzene rings is 1. The summed E-state index contributed by atoms with van der Waals surface area (Å²) in [6.07, 6.45) is 1.26. The van der Waals surface area contributed by atoms with Crippen molar-refractivity contribution in [3.63, 3.8) is 0 Å². The molecule has 2 heterocycles. The van der Waals surface area contributed by atoms with Crippen LogP contribution >= 0.6 is 11.6 Å². The zero-order chi connectivity index (χ0) is 17.6. The molecule has 0 spiro atoms. The first-order valence-corrected chi connectivity index (χ1v) is 8.55. The normalized spacial score (nSPS) is 14.3. The van der Waals surface area contributed by atoms with Gasteiger partial charge >= 0.3 is 6.09 Å². The van der Waals surface area contributed by atoms with Gasteiger partial charge in [-0.3, -0.25) is 0 Å². The Kier molecular flexibility index (Phi) is 5.55. The standard InChI is InChI=1S/C17H20ClN5O2/c1-2-25-17(24)23-9-7-22(8-10-23)16-11-15(19-12-20-16)21-14-6-4-3-5-13(14)18/h3-6,11-12H,2,7-10H2,1H3,(H,19,20,21). The second kappa shape index (κ2) is 8.02. The maximum Gasteiger partial charge on any atom is 0.409 e. The van der Waals surface area contributed by atoms with Crippen LogP contribution in [0.25, 0.3) is 0 Å². The molecule has 8 heteroatoms. The zero-order valence-corrected chi connectivity index (χ0v) is 14.7. The summed E-state index contributed by atoms with van der Waals surface area (Å²) in [6, 6.07) is 9.37. The maximum absolute atomic E-state index is 11.8. The van der Waals surface area contributed by atoms with E-state index in [1.54, 1.807) is 4.90 Å². The molecule has 1 aliphatic heterocycles. The lowest BCUT2D eigenvalue weighted by molar-refractivity contribution is 0.105. The number of para-hydroxylation sites is 1. The summed E-state index contributed by atoms with van der Waals surface area (Å²) in [5, 5.41) is 3.83. The van der Waals surface area contributed by atoms with Gasteiger partial charge in [0.2, 0.25) is 0 Å². The van der Waals surface area contributed by atoms with E-state index in [2.05, 4.69) is 20.2 Å². The van der Waals surface area contributed by atoms with Gasteiger partial charge in [-0.1, -0.05) is 23.7 Å². The molecule has 132 valence electrons. The number of anilines is 3. The van der Waals surface area contributed by atoms with Crippen LogP contribution in [0.2, 0.25) is 5.02 Å². The van der Waals surface area contributed by atoms with Crippen molar-refractivity contribution in [2.45, 2.75) is 6.92 Å². The SMILES string of the molecule is CCOC(=O)N1CCN(c2cc(Nc3ccccc3Cl)ncn2)CC1. The number of aromatic nitrogens is 2. The van der Waals surface area contributed by atoms with Crippen molar-refractivity contribution in [3.05, 3.63) is 41.7 Å². The lowest BCUT2D eigenvalue weighted by atomic mass is 10.3. The van der Waals surface area contributed by atoms with Gasteiger partial charge in [-0.25, -0.2) is 14.8 Å². The number of carbonyl (C=O) groups is 1. The average Bonchev–Trinajstić information content (AvgIpc) is 2.64. The molecule has 1 saturated heterocycles. The fourth-order valence-corrected chi connectivity index (χ4v) is 2.80. The van der Waals surface area contributed by atoms with Crippen molar-refractivity contribution < 1.29 is 9.53 Å². The van der Waals surface area contributed by atoms with Crippen molar-refractivity contribution >= 4 is 35.0 Å². The highest BCUT2D eigenvalue weighted by Crippen LogP contribution is 2.25. The first-order valence-electron chi connectivity index (χ1n) is 8.17. The van der Waals surface area contributed by atoms with Gasteiger partial charge in [0.1, 0.15) is 18.0 Å². The number of hydrogen-bond acceptors (Lipinski definition) is 6. The minimum atomic E-state index is -0.258. The number of nitrogens with one attached hydrogen (secondary N) is 1. The molecule has 7 nitrogen and oxygen atoms in total. The number of rotatable bonds is 4. The Morgan fingerprint density at radius 2 is 2.00 bits per heavy atom. The molecule has 0 atom stereocenters. The second-order valence-electron chi connectivity index (χ2n) is 5.54. The van der Waals surface area contributed by atoms with Crippen molar-refractivity contribution in [2.24, 2.45) is 0 Å². The van der Waals surface area contributed by atoms with E-state index in [-0.39, 0.29) is 6.09 Å². The smallest absolute Gasteiger partial charge is 0.409 e. The van der Waals surface area contributed by atoms with Crippen LogP contribution in [0.15, 0.2) is 36.7 Å². The summed E-state index contributed by atoms with van der Waals surface area (Å²) in [7, 11) is 0. The van der Waals surface area contributed by atoms with Crippen LogP contribution in [0.3, 0.4) is 0 Å². The largest absolute Gasteiger partial charge is 0.450 e. The highest BCUT2D eigenvalue weighted by atomic mass is 35.5. The molecule has 0 bridgehead atoms. The molecular formula is C17H20ClN5O2. The van der Waals surface area contributed by atoms with Gasteiger partial charge in [-0.05, 0) is 19.1 Å². The summed E-state index contributed by atoms with van der Waals surface area (Å²) < 4.78 is 5.04. The molecule has 0 unspecified atom stereocenters. The predicted molar refractivity (Wildman–Crippen MR) is 97.6 cm³/mol. The summed E-state index contributed by atoms with van der Waals surface area (Å²) >= 11 is 6.17. The topological polar surface area (TPSA) is 70.6 Å². The highest BCUT2D eigenvalue weighted by Gasteiger charge is 2.22. The van der Waals surface area contributed by atoms with Gasteiger partial charge in [0.25, 0.3) is 0 Å². The van der Waals surface area contributed by atoms with Gasteiger partial charge in [-0.2, -0.15) is 0 Å². The number of piperazine rings is 1. The number of hydrogen-bond donors (Lipinski definition) is 1. The molecule has 1 fully saturated rings. The molecule has 1 aromatic heterocycles. The molecule has 1 amide bonds. The lowest BCUT2D eigenvalue weighted by Gasteiger charge is -2.34. The number of amides is 1. The Balaban J connectivity index is 1.64. The van der Waals surface area contributed by atoms with Gasteiger partial charge < -0.3 is 19.9 Å². The van der Waals surface area contributed by atoms with Crippen LogP contribution in [0.5, 0.6) is 0 Å². The first-order chi connectivity index (χ1) is 12.2. The molecule has 0 radical (unpaired) electrons. The van der Waals surface area contributed by atoms with Gasteiger partial charge in [0.05, 0.1) is 17.3 Å². The predicted octanol–water partition coefficient (Wildman–Crippen LogP) is 3.15. The van der Waals surface area contributed by atoms with Gasteiger partial charge in [-0.15, -0.1) is 0 Å². The zero-order valence-electron chi connectivity index (χ0n) is 14.0. The van der Waals surface area contributed by atoms with E-state index in [0.717, 1.165) is 11.5 Å². The second-order valence-corrected chi connectivity index (χ2v) is 5.95. The molecule has 1 N–H and O–H groups in total. The van der Waals surface area contributed by atoms with Crippen molar-refractivity contribution in [1.82, 2.24) is 14.9 Å². The van der Waals surface area contributed by atoms with Crippen LogP contribution in [0.4, 0.5) is 22.1 Å². The fourth-order valence-electron chi connectivity index (χ4n) is 2.62. The molecule has 0 saturated carbocycles. The third kappa shape index (κ3) is 4.30. The van der Waals surface area contributed by atoms with Gasteiger partial charge in [0.15, 0.2) is 0 Å². The summed E-state index contributed by atoms with van der Waals surface area (Å²) in [4.78, 5) is 24.2. The Labute approximate surface area is 151 Å². The Bertz CT molecular complexity index is 734.